The van der Waals surface area contributed by atoms with Crippen molar-refractivity contribution < 1.29 is 4.79 Å². The van der Waals surface area contributed by atoms with E-state index in [0.717, 1.165) is 60.8 Å². The van der Waals surface area contributed by atoms with Crippen LogP contribution in [0, 0.1) is 5.92 Å². The molecule has 0 saturated carbocycles. The minimum absolute atomic E-state index is 0.0560. The van der Waals surface area contributed by atoms with Crippen molar-refractivity contribution in [2.75, 3.05) is 25.0 Å². The van der Waals surface area contributed by atoms with Crippen LogP contribution in [0.25, 0.3) is 11.0 Å². The van der Waals surface area contributed by atoms with Crippen molar-refractivity contribution in [2.24, 2.45) is 5.92 Å². The Morgan fingerprint density at radius 3 is 3.00 bits per heavy atom. The van der Waals surface area contributed by atoms with Crippen molar-refractivity contribution >= 4 is 33.4 Å². The van der Waals surface area contributed by atoms with Gasteiger partial charge in [-0.05, 0) is 63.1 Å². The molecule has 2 N–H and O–H groups in total. The molecule has 7 heteroatoms. The third-order valence-corrected chi connectivity index (χ3v) is 7.06. The Bertz CT molecular complexity index is 953. The fourth-order valence-corrected chi connectivity index (χ4v) is 5.67. The van der Waals surface area contributed by atoms with Crippen LogP contribution in [-0.4, -0.2) is 45.4 Å². The topological polar surface area (TPSA) is 73.9 Å². The lowest BCUT2D eigenvalue weighted by atomic mass is 9.94. The number of anilines is 1. The van der Waals surface area contributed by atoms with Crippen LogP contribution in [0.1, 0.15) is 42.1 Å². The lowest BCUT2D eigenvalue weighted by molar-refractivity contribution is -0.117. The molecule has 0 bridgehead atoms. The number of para-hydroxylation sites is 2. The Kier molecular flexibility index (Phi) is 5.33. The van der Waals surface area contributed by atoms with E-state index < -0.39 is 0 Å². The first-order valence-electron chi connectivity index (χ1n) is 10.7. The van der Waals surface area contributed by atoms with Gasteiger partial charge in [0.1, 0.15) is 5.82 Å². The van der Waals surface area contributed by atoms with Gasteiger partial charge in [-0.25, -0.2) is 9.97 Å². The quantitative estimate of drug-likeness (QED) is 0.672. The van der Waals surface area contributed by atoms with Gasteiger partial charge in [0.25, 0.3) is 0 Å². The highest BCUT2D eigenvalue weighted by molar-refractivity contribution is 7.15. The lowest BCUT2D eigenvalue weighted by Crippen LogP contribution is -2.41. The van der Waals surface area contributed by atoms with Crippen LogP contribution in [0.3, 0.4) is 0 Å². The Morgan fingerprint density at radius 2 is 2.10 bits per heavy atom. The third kappa shape index (κ3) is 4.36. The summed E-state index contributed by atoms with van der Waals surface area (Å²) in [6.45, 7) is 2.37. The molecule has 2 aromatic heterocycles. The standard InChI is InChI=1S/C22H27N5OS/c28-21(26-22-25-18-9-3-4-10-19(18)29-22)14-27-11-5-6-15(13-27)12-20-23-16-7-1-2-8-17(16)24-20/h1-2,7-8,15H,3-6,9-14H2,(H,23,24)(H,25,26,28)/t15-/m1/s1. The summed E-state index contributed by atoms with van der Waals surface area (Å²) in [7, 11) is 0. The number of H-pyrrole nitrogens is 1. The molecule has 1 fully saturated rings. The van der Waals surface area contributed by atoms with Gasteiger partial charge >= 0.3 is 0 Å². The smallest absolute Gasteiger partial charge is 0.240 e. The zero-order chi connectivity index (χ0) is 19.6. The van der Waals surface area contributed by atoms with Crippen molar-refractivity contribution in [3.63, 3.8) is 0 Å². The van der Waals surface area contributed by atoms with Gasteiger partial charge in [-0.1, -0.05) is 12.1 Å². The van der Waals surface area contributed by atoms with Crippen molar-refractivity contribution in [1.29, 1.82) is 0 Å². The number of aryl methyl sites for hydroxylation is 2. The number of carbonyl (C=O) groups is 1. The zero-order valence-electron chi connectivity index (χ0n) is 16.6. The van der Waals surface area contributed by atoms with E-state index in [4.69, 9.17) is 4.98 Å². The second kappa shape index (κ2) is 8.24. The zero-order valence-corrected chi connectivity index (χ0v) is 17.4. The number of imidazole rings is 1. The van der Waals surface area contributed by atoms with Crippen LogP contribution in [0.15, 0.2) is 24.3 Å². The first-order chi connectivity index (χ1) is 14.2. The predicted molar refractivity (Wildman–Crippen MR) is 116 cm³/mol. The minimum Gasteiger partial charge on any atom is -0.342 e. The molecule has 1 saturated heterocycles. The van der Waals surface area contributed by atoms with E-state index in [9.17, 15) is 4.79 Å². The number of benzene rings is 1. The molecular weight excluding hydrogens is 382 g/mol. The van der Waals surface area contributed by atoms with Crippen LogP contribution in [0.2, 0.25) is 0 Å². The summed E-state index contributed by atoms with van der Waals surface area (Å²) in [5.41, 5.74) is 3.32. The van der Waals surface area contributed by atoms with Crippen molar-refractivity contribution in [2.45, 2.75) is 44.9 Å². The highest BCUT2D eigenvalue weighted by Gasteiger charge is 2.23. The maximum absolute atomic E-state index is 12.6. The summed E-state index contributed by atoms with van der Waals surface area (Å²) in [4.78, 5) is 29.0. The number of rotatable bonds is 5. The molecule has 1 atom stereocenters. The minimum atomic E-state index is 0.0560. The molecule has 29 heavy (non-hydrogen) atoms. The van der Waals surface area contributed by atoms with Gasteiger partial charge in [0.15, 0.2) is 5.13 Å². The number of likely N-dealkylation sites (tertiary alicyclic amines) is 1. The molecule has 1 aliphatic carbocycles. The number of carbonyl (C=O) groups excluding carboxylic acids is 1. The van der Waals surface area contributed by atoms with Gasteiger partial charge < -0.3 is 10.3 Å². The largest absolute Gasteiger partial charge is 0.342 e. The monoisotopic (exact) mass is 409 g/mol. The third-order valence-electron chi connectivity index (χ3n) is 5.98. The average Bonchev–Trinajstić information content (AvgIpc) is 3.30. The van der Waals surface area contributed by atoms with Crippen LogP contribution >= 0.6 is 11.3 Å². The summed E-state index contributed by atoms with van der Waals surface area (Å²) in [5, 5.41) is 3.81. The predicted octanol–water partition coefficient (Wildman–Crippen LogP) is 3.79. The molecule has 5 rings (SSSR count). The van der Waals surface area contributed by atoms with E-state index in [1.54, 1.807) is 11.3 Å². The van der Waals surface area contributed by atoms with E-state index in [1.807, 2.05) is 18.2 Å². The van der Waals surface area contributed by atoms with E-state index in [1.165, 1.54) is 29.8 Å². The highest BCUT2D eigenvalue weighted by atomic mass is 32.1. The van der Waals surface area contributed by atoms with E-state index >= 15 is 0 Å². The van der Waals surface area contributed by atoms with Crippen LogP contribution < -0.4 is 5.32 Å². The van der Waals surface area contributed by atoms with Crippen LogP contribution in [0.5, 0.6) is 0 Å². The molecule has 152 valence electrons. The molecule has 0 spiro atoms. The number of aromatic nitrogens is 3. The highest BCUT2D eigenvalue weighted by Crippen LogP contribution is 2.29. The van der Waals surface area contributed by atoms with Crippen molar-refractivity contribution in [1.82, 2.24) is 19.9 Å². The maximum Gasteiger partial charge on any atom is 0.240 e. The summed E-state index contributed by atoms with van der Waals surface area (Å²) in [6, 6.07) is 8.17. The number of hydrogen-bond donors (Lipinski definition) is 2. The Balaban J connectivity index is 1.16. The molecular formula is C22H27N5OS. The van der Waals surface area contributed by atoms with Gasteiger partial charge in [0, 0.05) is 17.8 Å². The normalized spacial score (nSPS) is 19.9. The lowest BCUT2D eigenvalue weighted by Gasteiger charge is -2.31. The fraction of sp³-hybridized carbons (Fsp3) is 0.500. The van der Waals surface area contributed by atoms with Crippen molar-refractivity contribution in [3.05, 3.63) is 40.7 Å². The van der Waals surface area contributed by atoms with E-state index in [0.29, 0.717) is 12.5 Å². The first kappa shape index (κ1) is 18.8. The molecule has 1 amide bonds. The summed E-state index contributed by atoms with van der Waals surface area (Å²) in [5.74, 6) is 1.64. The Morgan fingerprint density at radius 1 is 1.21 bits per heavy atom. The summed E-state index contributed by atoms with van der Waals surface area (Å²) < 4.78 is 0. The van der Waals surface area contributed by atoms with E-state index in [-0.39, 0.29) is 5.91 Å². The molecule has 2 aliphatic rings. The van der Waals surface area contributed by atoms with Gasteiger partial charge in [-0.3, -0.25) is 9.69 Å². The molecule has 1 aliphatic heterocycles. The van der Waals surface area contributed by atoms with Crippen LogP contribution in [-0.2, 0) is 24.1 Å². The molecule has 3 heterocycles. The number of thiazole rings is 1. The van der Waals surface area contributed by atoms with Gasteiger partial charge in [0.2, 0.25) is 5.91 Å². The summed E-state index contributed by atoms with van der Waals surface area (Å²) >= 11 is 1.66. The van der Waals surface area contributed by atoms with Crippen LogP contribution in [0.4, 0.5) is 5.13 Å². The Labute approximate surface area is 174 Å². The molecule has 0 radical (unpaired) electrons. The average molecular weight is 410 g/mol. The number of nitrogens with zero attached hydrogens (tertiary/aromatic N) is 3. The number of fused-ring (bicyclic) bond motifs is 2. The maximum atomic E-state index is 12.6. The number of hydrogen-bond acceptors (Lipinski definition) is 5. The van der Waals surface area contributed by atoms with Gasteiger partial charge in [-0.2, -0.15) is 0 Å². The molecule has 0 unspecified atom stereocenters. The second-order valence-electron chi connectivity index (χ2n) is 8.29. The van der Waals surface area contributed by atoms with E-state index in [2.05, 4.69) is 26.3 Å². The van der Waals surface area contributed by atoms with Gasteiger partial charge in [-0.15, -0.1) is 11.3 Å². The van der Waals surface area contributed by atoms with Gasteiger partial charge in [0.05, 0.1) is 23.3 Å². The number of amides is 1. The number of piperidine rings is 1. The SMILES string of the molecule is O=C(CN1CCC[C@H](Cc2nc3ccccc3[nH]2)C1)Nc1nc2c(s1)CCCC2. The number of nitrogens with one attached hydrogen (secondary N) is 2. The van der Waals surface area contributed by atoms with Crippen molar-refractivity contribution in [3.8, 4) is 0 Å². The summed E-state index contributed by atoms with van der Waals surface area (Å²) in [6.07, 6.45) is 7.87. The molecule has 1 aromatic carbocycles. The fourth-order valence-electron chi connectivity index (χ4n) is 4.60. The molecule has 6 nitrogen and oxygen atoms in total. The Hall–Kier alpha value is -2.25. The number of aromatic amines is 1. The second-order valence-corrected chi connectivity index (χ2v) is 9.38. The molecule has 3 aromatic rings. The first-order valence-corrected chi connectivity index (χ1v) is 11.5.